The highest BCUT2D eigenvalue weighted by molar-refractivity contribution is 6.00. The molecule has 0 radical (unpaired) electrons. The van der Waals surface area contributed by atoms with Crippen molar-refractivity contribution in [2.45, 2.75) is 39.1 Å². The Labute approximate surface area is 221 Å². The summed E-state index contributed by atoms with van der Waals surface area (Å²) in [5.41, 5.74) is 0.279. The number of hydrogen-bond acceptors (Lipinski definition) is 11. The van der Waals surface area contributed by atoms with Gasteiger partial charge in [-0.25, -0.2) is 9.18 Å². The van der Waals surface area contributed by atoms with Crippen LogP contribution in [-0.4, -0.2) is 67.1 Å². The maximum atomic E-state index is 13.5. The standard InChI is InChI=1S/C26H26FN5O7/c1-4-37-26(36)18-21(33)19-20-22(15(10-28-19)9-14-5-7-16(27)8-6-14)39-17(12-32(20)24(18)34)11-31(3)25(35)23-30-29-13(2)38-23/h5-8,10,17,25,33,35H,4,9,11-12H2,1-3H3. The number of nitrogens with zero attached hydrogens (tertiary/aromatic N) is 5. The first-order chi connectivity index (χ1) is 18.7. The number of esters is 1. The molecule has 1 aromatic carbocycles. The van der Waals surface area contributed by atoms with Crippen molar-refractivity contribution in [3.8, 4) is 11.5 Å². The predicted octanol–water partition coefficient (Wildman–Crippen LogP) is 2.08. The third-order valence-electron chi connectivity index (χ3n) is 6.40. The molecule has 13 heteroatoms. The van der Waals surface area contributed by atoms with Crippen LogP contribution < -0.4 is 10.3 Å². The molecule has 0 fully saturated rings. The number of halogens is 1. The van der Waals surface area contributed by atoms with Gasteiger partial charge in [0.2, 0.25) is 5.89 Å². The molecule has 39 heavy (non-hydrogen) atoms. The zero-order chi connectivity index (χ0) is 27.8. The molecule has 0 amide bonds. The Bertz CT molecular complexity index is 1600. The van der Waals surface area contributed by atoms with Crippen molar-refractivity contribution in [2.75, 3.05) is 20.2 Å². The van der Waals surface area contributed by atoms with Crippen LogP contribution in [0.2, 0.25) is 0 Å². The van der Waals surface area contributed by atoms with Gasteiger partial charge in [-0.2, -0.15) is 0 Å². The minimum absolute atomic E-state index is 0.00111. The lowest BCUT2D eigenvalue weighted by Crippen LogP contribution is -2.43. The zero-order valence-electron chi connectivity index (χ0n) is 21.4. The summed E-state index contributed by atoms with van der Waals surface area (Å²) >= 11 is 0. The van der Waals surface area contributed by atoms with Crippen molar-refractivity contribution in [3.05, 3.63) is 75.1 Å². The van der Waals surface area contributed by atoms with Crippen LogP contribution in [0.25, 0.3) is 11.0 Å². The lowest BCUT2D eigenvalue weighted by Gasteiger charge is -2.32. The molecule has 1 aliphatic rings. The fourth-order valence-electron chi connectivity index (χ4n) is 4.57. The summed E-state index contributed by atoms with van der Waals surface area (Å²) in [7, 11) is 1.62. The predicted molar refractivity (Wildman–Crippen MR) is 134 cm³/mol. The molecule has 0 aliphatic carbocycles. The van der Waals surface area contributed by atoms with Gasteiger partial charge in [0.15, 0.2) is 23.3 Å². The molecule has 2 unspecified atom stereocenters. The van der Waals surface area contributed by atoms with Gasteiger partial charge in [-0.05, 0) is 31.7 Å². The van der Waals surface area contributed by atoms with Crippen LogP contribution in [0.4, 0.5) is 4.39 Å². The normalized spacial score (nSPS) is 15.4. The summed E-state index contributed by atoms with van der Waals surface area (Å²) in [4.78, 5) is 32.0. The molecule has 12 nitrogen and oxygen atoms in total. The topological polar surface area (TPSA) is 153 Å². The van der Waals surface area contributed by atoms with Gasteiger partial charge in [0.05, 0.1) is 13.2 Å². The van der Waals surface area contributed by atoms with Crippen LogP contribution in [0.15, 0.2) is 39.7 Å². The molecule has 204 valence electrons. The highest BCUT2D eigenvalue weighted by Crippen LogP contribution is 2.38. The maximum absolute atomic E-state index is 13.5. The van der Waals surface area contributed by atoms with Gasteiger partial charge in [-0.15, -0.1) is 10.2 Å². The molecular weight excluding hydrogens is 513 g/mol. The number of carbonyl (C=O) groups is 1. The van der Waals surface area contributed by atoms with Gasteiger partial charge in [0.1, 0.15) is 23.0 Å². The van der Waals surface area contributed by atoms with Gasteiger partial charge in [-0.1, -0.05) is 12.1 Å². The Morgan fingerprint density at radius 1 is 1.31 bits per heavy atom. The fraction of sp³-hybridized carbons (Fsp3) is 0.346. The van der Waals surface area contributed by atoms with Crippen LogP contribution in [0.5, 0.6) is 11.5 Å². The summed E-state index contributed by atoms with van der Waals surface area (Å²) < 4.78 is 31.5. The number of aryl methyl sites for hydroxylation is 1. The third kappa shape index (κ3) is 4.93. The van der Waals surface area contributed by atoms with Crippen molar-refractivity contribution in [2.24, 2.45) is 0 Å². The molecule has 0 saturated carbocycles. The van der Waals surface area contributed by atoms with Gasteiger partial charge < -0.3 is 24.1 Å². The van der Waals surface area contributed by atoms with Crippen molar-refractivity contribution in [3.63, 3.8) is 0 Å². The Morgan fingerprint density at radius 2 is 2.05 bits per heavy atom. The summed E-state index contributed by atoms with van der Waals surface area (Å²) in [5, 5.41) is 29.2. The average molecular weight is 540 g/mol. The number of hydrogen-bond donors (Lipinski definition) is 2. The first-order valence-electron chi connectivity index (χ1n) is 12.2. The van der Waals surface area contributed by atoms with E-state index in [0.29, 0.717) is 17.9 Å². The van der Waals surface area contributed by atoms with Crippen LogP contribution in [-0.2, 0) is 17.7 Å². The van der Waals surface area contributed by atoms with Crippen molar-refractivity contribution in [1.82, 2.24) is 24.6 Å². The number of pyridine rings is 2. The number of aliphatic hydroxyl groups excluding tert-OH is 1. The Morgan fingerprint density at radius 3 is 2.72 bits per heavy atom. The highest BCUT2D eigenvalue weighted by Gasteiger charge is 2.33. The minimum Gasteiger partial charge on any atom is -0.505 e. The van der Waals surface area contributed by atoms with E-state index in [1.807, 2.05) is 0 Å². The van der Waals surface area contributed by atoms with E-state index in [4.69, 9.17) is 13.9 Å². The van der Waals surface area contributed by atoms with Crippen molar-refractivity contribution < 1.29 is 33.3 Å². The Balaban J connectivity index is 1.58. The number of carbonyl (C=O) groups excluding carboxylic acids is 1. The number of likely N-dealkylation sites (N-methyl/N-ethyl adjacent to an activating group) is 1. The molecule has 0 saturated heterocycles. The molecule has 1 aliphatic heterocycles. The lowest BCUT2D eigenvalue weighted by atomic mass is 10.0. The molecule has 4 heterocycles. The second-order valence-electron chi connectivity index (χ2n) is 9.19. The zero-order valence-corrected chi connectivity index (χ0v) is 21.4. The highest BCUT2D eigenvalue weighted by atomic mass is 19.1. The van der Waals surface area contributed by atoms with Gasteiger partial charge in [0, 0.05) is 31.6 Å². The van der Waals surface area contributed by atoms with E-state index < -0.39 is 35.2 Å². The van der Waals surface area contributed by atoms with Crippen LogP contribution in [0.3, 0.4) is 0 Å². The number of aromatic hydroxyl groups is 1. The fourth-order valence-corrected chi connectivity index (χ4v) is 4.57. The largest absolute Gasteiger partial charge is 0.505 e. The molecular formula is C26H26FN5O7. The molecule has 5 rings (SSSR count). The van der Waals surface area contributed by atoms with Crippen LogP contribution in [0.1, 0.15) is 46.4 Å². The van der Waals surface area contributed by atoms with Gasteiger partial charge >= 0.3 is 5.97 Å². The number of aromatic nitrogens is 4. The first-order valence-corrected chi connectivity index (χ1v) is 12.2. The minimum atomic E-state index is -1.24. The number of aliphatic hydroxyl groups is 1. The van der Waals surface area contributed by atoms with E-state index in [9.17, 15) is 24.2 Å². The van der Waals surface area contributed by atoms with E-state index in [1.165, 1.54) is 27.8 Å². The number of benzene rings is 1. The van der Waals surface area contributed by atoms with E-state index >= 15 is 0 Å². The van der Waals surface area contributed by atoms with E-state index in [-0.39, 0.29) is 48.2 Å². The Hall–Kier alpha value is -4.36. The summed E-state index contributed by atoms with van der Waals surface area (Å²) in [6.07, 6.45) is -0.151. The van der Waals surface area contributed by atoms with Crippen molar-refractivity contribution in [1.29, 1.82) is 0 Å². The summed E-state index contributed by atoms with van der Waals surface area (Å²) in [6, 6.07) is 5.92. The van der Waals surface area contributed by atoms with Crippen molar-refractivity contribution >= 4 is 17.0 Å². The first kappa shape index (κ1) is 26.3. The molecule has 0 spiro atoms. The average Bonchev–Trinajstić information content (AvgIpc) is 3.35. The molecule has 4 aromatic rings. The molecule has 3 aromatic heterocycles. The second-order valence-corrected chi connectivity index (χ2v) is 9.19. The quantitative estimate of drug-likeness (QED) is 0.250. The number of ether oxygens (including phenoxy) is 2. The van der Waals surface area contributed by atoms with E-state index in [2.05, 4.69) is 15.2 Å². The maximum Gasteiger partial charge on any atom is 0.347 e. The van der Waals surface area contributed by atoms with Crippen LogP contribution in [0, 0.1) is 12.7 Å². The molecule has 2 N–H and O–H groups in total. The molecule has 0 bridgehead atoms. The number of rotatable bonds is 8. The summed E-state index contributed by atoms with van der Waals surface area (Å²) in [6.45, 7) is 3.30. The van der Waals surface area contributed by atoms with Gasteiger partial charge in [0.25, 0.3) is 11.4 Å². The summed E-state index contributed by atoms with van der Waals surface area (Å²) in [5.74, 6) is -1.37. The second kappa shape index (κ2) is 10.4. The van der Waals surface area contributed by atoms with E-state index in [0.717, 1.165) is 5.56 Å². The molecule has 2 atom stereocenters. The van der Waals surface area contributed by atoms with Crippen LogP contribution >= 0.6 is 0 Å². The van der Waals surface area contributed by atoms with Gasteiger partial charge in [-0.3, -0.25) is 19.2 Å². The lowest BCUT2D eigenvalue weighted by molar-refractivity contribution is -0.0239. The SMILES string of the molecule is CCOC(=O)c1c(O)c2ncc(Cc3ccc(F)cc3)c3c2n(c1=O)CC(CN(C)C(O)c1nnc(C)o1)O3. The van der Waals surface area contributed by atoms with E-state index in [1.54, 1.807) is 33.0 Å². The third-order valence-corrected chi connectivity index (χ3v) is 6.40. The Kier molecular flexibility index (Phi) is 7.02. The smallest absolute Gasteiger partial charge is 0.347 e. The monoisotopic (exact) mass is 539 g/mol.